The van der Waals surface area contributed by atoms with Gasteiger partial charge in [0.05, 0.1) is 23.4 Å². The summed E-state index contributed by atoms with van der Waals surface area (Å²) in [4.78, 5) is 16.7. The van der Waals surface area contributed by atoms with Crippen molar-refractivity contribution in [3.8, 4) is 0 Å². The molecule has 0 saturated heterocycles. The molecular formula is C19H20FN3O. The number of carbonyl (C=O) groups excluding carboxylic acids is 1. The normalized spacial score (nSPS) is 12.3. The number of amides is 1. The van der Waals surface area contributed by atoms with Gasteiger partial charge in [-0.1, -0.05) is 12.1 Å². The average Bonchev–Trinajstić information content (AvgIpc) is 2.90. The van der Waals surface area contributed by atoms with Crippen molar-refractivity contribution in [1.82, 2.24) is 14.9 Å². The van der Waals surface area contributed by atoms with Crippen LogP contribution in [0.25, 0.3) is 11.0 Å². The number of aromatic nitrogens is 2. The zero-order valence-corrected chi connectivity index (χ0v) is 14.0. The van der Waals surface area contributed by atoms with Crippen molar-refractivity contribution in [1.29, 1.82) is 0 Å². The molecular weight excluding hydrogens is 305 g/mol. The third-order valence-corrected chi connectivity index (χ3v) is 4.30. The number of nitrogens with one attached hydrogen (secondary N) is 1. The number of halogens is 1. The quantitative estimate of drug-likeness (QED) is 0.795. The molecule has 0 spiro atoms. The summed E-state index contributed by atoms with van der Waals surface area (Å²) >= 11 is 0. The lowest BCUT2D eigenvalue weighted by atomic mass is 10.1. The van der Waals surface area contributed by atoms with Crippen LogP contribution in [0.1, 0.15) is 29.7 Å². The molecule has 1 heterocycles. The molecule has 1 aromatic heterocycles. The third-order valence-electron chi connectivity index (χ3n) is 4.30. The second kappa shape index (κ2) is 6.43. The lowest BCUT2D eigenvalue weighted by Gasteiger charge is -2.15. The summed E-state index contributed by atoms with van der Waals surface area (Å²) in [6, 6.07) is 10.0. The Balaban J connectivity index is 1.73. The molecule has 0 unspecified atom stereocenters. The Morgan fingerprint density at radius 1 is 1.21 bits per heavy atom. The predicted octanol–water partition coefficient (Wildman–Crippen LogP) is 3.67. The SMILES string of the molecule is Cc1cc2ncn(CC(=O)N[C@@H](C)c3ccc(F)cc3)c2cc1C. The van der Waals surface area contributed by atoms with Crippen LogP contribution in [-0.2, 0) is 11.3 Å². The van der Waals surface area contributed by atoms with Crippen LogP contribution in [0.5, 0.6) is 0 Å². The molecule has 1 N–H and O–H groups in total. The van der Waals surface area contributed by atoms with Gasteiger partial charge in [0.15, 0.2) is 0 Å². The van der Waals surface area contributed by atoms with Crippen LogP contribution in [0, 0.1) is 19.7 Å². The van der Waals surface area contributed by atoms with Crippen molar-refractivity contribution >= 4 is 16.9 Å². The summed E-state index contributed by atoms with van der Waals surface area (Å²) in [7, 11) is 0. The van der Waals surface area contributed by atoms with E-state index in [0.29, 0.717) is 0 Å². The van der Waals surface area contributed by atoms with Gasteiger partial charge < -0.3 is 9.88 Å². The molecule has 0 saturated carbocycles. The highest BCUT2D eigenvalue weighted by Gasteiger charge is 2.12. The Hall–Kier alpha value is -2.69. The monoisotopic (exact) mass is 325 g/mol. The first-order chi connectivity index (χ1) is 11.4. The Morgan fingerprint density at radius 2 is 1.88 bits per heavy atom. The van der Waals surface area contributed by atoms with E-state index < -0.39 is 0 Å². The van der Waals surface area contributed by atoms with Crippen LogP contribution in [0.2, 0.25) is 0 Å². The third kappa shape index (κ3) is 3.30. The number of aryl methyl sites for hydroxylation is 2. The van der Waals surface area contributed by atoms with Crippen LogP contribution in [0.4, 0.5) is 4.39 Å². The number of rotatable bonds is 4. The number of nitrogens with zero attached hydrogens (tertiary/aromatic N) is 2. The number of hydrogen-bond donors (Lipinski definition) is 1. The number of benzene rings is 2. The minimum Gasteiger partial charge on any atom is -0.348 e. The van der Waals surface area contributed by atoms with Gasteiger partial charge in [0.1, 0.15) is 12.4 Å². The molecule has 0 fully saturated rings. The van der Waals surface area contributed by atoms with E-state index in [2.05, 4.69) is 10.3 Å². The Bertz CT molecular complexity index is 884. The fraction of sp³-hybridized carbons (Fsp3) is 0.263. The molecule has 2 aromatic carbocycles. The second-order valence-corrected chi connectivity index (χ2v) is 6.14. The first kappa shape index (κ1) is 16.2. The standard InChI is InChI=1S/C19H20FN3O/c1-12-8-17-18(9-13(12)2)23(11-21-17)10-19(24)22-14(3)15-4-6-16(20)7-5-15/h4-9,11,14H,10H2,1-3H3,(H,22,24)/t14-/m0/s1. The molecule has 4 nitrogen and oxygen atoms in total. The lowest BCUT2D eigenvalue weighted by molar-refractivity contribution is -0.122. The van der Waals surface area contributed by atoms with Crippen LogP contribution >= 0.6 is 0 Å². The van der Waals surface area contributed by atoms with Crippen LogP contribution in [-0.4, -0.2) is 15.5 Å². The second-order valence-electron chi connectivity index (χ2n) is 6.14. The summed E-state index contributed by atoms with van der Waals surface area (Å²) < 4.78 is 14.8. The number of carbonyl (C=O) groups is 1. The smallest absolute Gasteiger partial charge is 0.240 e. The van der Waals surface area contributed by atoms with Gasteiger partial charge in [-0.2, -0.15) is 0 Å². The van der Waals surface area contributed by atoms with Gasteiger partial charge in [-0.05, 0) is 61.7 Å². The molecule has 124 valence electrons. The van der Waals surface area contributed by atoms with Crippen molar-refractivity contribution in [2.75, 3.05) is 0 Å². The van der Waals surface area contributed by atoms with Crippen molar-refractivity contribution in [3.63, 3.8) is 0 Å². The first-order valence-electron chi connectivity index (χ1n) is 7.91. The van der Waals surface area contributed by atoms with Crippen LogP contribution in [0.3, 0.4) is 0 Å². The van der Waals surface area contributed by atoms with E-state index in [1.165, 1.54) is 23.3 Å². The molecule has 3 aromatic rings. The van der Waals surface area contributed by atoms with E-state index in [1.807, 2.05) is 37.5 Å². The van der Waals surface area contributed by atoms with Crippen molar-refractivity contribution in [2.24, 2.45) is 0 Å². The molecule has 0 aliphatic rings. The van der Waals surface area contributed by atoms with E-state index in [0.717, 1.165) is 16.6 Å². The lowest BCUT2D eigenvalue weighted by Crippen LogP contribution is -2.29. The largest absolute Gasteiger partial charge is 0.348 e. The van der Waals surface area contributed by atoms with E-state index in [9.17, 15) is 9.18 Å². The number of hydrogen-bond acceptors (Lipinski definition) is 2. The van der Waals surface area contributed by atoms with Crippen LogP contribution < -0.4 is 5.32 Å². The Labute approximate surface area is 140 Å². The predicted molar refractivity (Wildman–Crippen MR) is 92.2 cm³/mol. The molecule has 1 atom stereocenters. The molecule has 0 aliphatic heterocycles. The first-order valence-corrected chi connectivity index (χ1v) is 7.91. The van der Waals surface area contributed by atoms with Crippen molar-refractivity contribution in [3.05, 3.63) is 65.2 Å². The van der Waals surface area contributed by atoms with E-state index >= 15 is 0 Å². The summed E-state index contributed by atoms with van der Waals surface area (Å²) in [5, 5.41) is 2.93. The fourth-order valence-corrected chi connectivity index (χ4v) is 2.72. The van der Waals surface area contributed by atoms with Crippen molar-refractivity contribution < 1.29 is 9.18 Å². The number of fused-ring (bicyclic) bond motifs is 1. The van der Waals surface area contributed by atoms with Gasteiger partial charge in [-0.25, -0.2) is 9.37 Å². The van der Waals surface area contributed by atoms with Gasteiger partial charge in [0.2, 0.25) is 5.91 Å². The maximum Gasteiger partial charge on any atom is 0.240 e. The van der Waals surface area contributed by atoms with Gasteiger partial charge in [0.25, 0.3) is 0 Å². The number of imidazole rings is 1. The summed E-state index contributed by atoms with van der Waals surface area (Å²) in [6.07, 6.45) is 1.69. The summed E-state index contributed by atoms with van der Waals surface area (Å²) in [5.41, 5.74) is 5.05. The van der Waals surface area contributed by atoms with E-state index in [1.54, 1.807) is 18.5 Å². The highest BCUT2D eigenvalue weighted by molar-refractivity contribution is 5.81. The molecule has 0 aliphatic carbocycles. The molecule has 1 amide bonds. The van der Waals surface area contributed by atoms with E-state index in [4.69, 9.17) is 0 Å². The maximum absolute atomic E-state index is 13.0. The summed E-state index contributed by atoms with van der Waals surface area (Å²) in [5.74, 6) is -0.392. The fourth-order valence-electron chi connectivity index (χ4n) is 2.72. The summed E-state index contributed by atoms with van der Waals surface area (Å²) in [6.45, 7) is 6.17. The highest BCUT2D eigenvalue weighted by Crippen LogP contribution is 2.18. The van der Waals surface area contributed by atoms with Crippen LogP contribution in [0.15, 0.2) is 42.7 Å². The Morgan fingerprint density at radius 3 is 2.58 bits per heavy atom. The zero-order valence-electron chi connectivity index (χ0n) is 14.0. The zero-order chi connectivity index (χ0) is 17.3. The molecule has 0 radical (unpaired) electrons. The topological polar surface area (TPSA) is 46.9 Å². The average molecular weight is 325 g/mol. The molecule has 24 heavy (non-hydrogen) atoms. The van der Waals surface area contributed by atoms with Crippen molar-refractivity contribution in [2.45, 2.75) is 33.4 Å². The molecule has 5 heteroatoms. The molecule has 3 rings (SSSR count). The highest BCUT2D eigenvalue weighted by atomic mass is 19.1. The van der Waals surface area contributed by atoms with Gasteiger partial charge in [-0.3, -0.25) is 4.79 Å². The Kier molecular flexibility index (Phi) is 4.34. The van der Waals surface area contributed by atoms with E-state index in [-0.39, 0.29) is 24.3 Å². The molecule has 0 bridgehead atoms. The minimum atomic E-state index is -0.284. The maximum atomic E-state index is 13.0. The van der Waals surface area contributed by atoms with Gasteiger partial charge in [-0.15, -0.1) is 0 Å². The van der Waals surface area contributed by atoms with Gasteiger partial charge >= 0.3 is 0 Å². The van der Waals surface area contributed by atoms with Gasteiger partial charge in [0, 0.05) is 0 Å². The minimum absolute atomic E-state index is 0.107.